The maximum Gasteiger partial charge on any atom is 0.276 e. The zero-order chi connectivity index (χ0) is 9.14. The first-order valence-corrected chi connectivity index (χ1v) is 5.49. The Morgan fingerprint density at radius 2 is 1.83 bits per heavy atom. The molecule has 0 bridgehead atoms. The topological polar surface area (TPSA) is 27.7 Å². The molecule has 4 heteroatoms. The van der Waals surface area contributed by atoms with Crippen molar-refractivity contribution in [3.8, 4) is 0 Å². The molecule has 68 valence electrons. The molecule has 0 aromatic carbocycles. The van der Waals surface area contributed by atoms with Crippen LogP contribution in [0.3, 0.4) is 0 Å². The minimum absolute atomic E-state index is 0.844. The lowest BCUT2D eigenvalue weighted by atomic mass is 10.3. The van der Waals surface area contributed by atoms with Gasteiger partial charge in [0.25, 0.3) is 9.04 Å². The number of hydrogen-bond acceptors (Lipinski definition) is 3. The molecule has 0 aromatic heterocycles. The van der Waals surface area contributed by atoms with Gasteiger partial charge in [0, 0.05) is 7.11 Å². The van der Waals surface area contributed by atoms with Crippen LogP contribution in [0.4, 0.5) is 0 Å². The quantitative estimate of drug-likeness (QED) is 0.613. The fourth-order valence-electron chi connectivity index (χ4n) is 1.35. The molecule has 1 heterocycles. The van der Waals surface area contributed by atoms with E-state index >= 15 is 0 Å². The third-order valence-corrected chi connectivity index (χ3v) is 4.25. The number of methoxy groups -OCH3 is 2. The molecule has 3 nitrogen and oxygen atoms in total. The molecule has 0 saturated carbocycles. The van der Waals surface area contributed by atoms with E-state index in [0.29, 0.717) is 0 Å². The Hall–Kier alpha value is -0.743. The first kappa shape index (κ1) is 9.35. The van der Waals surface area contributed by atoms with Gasteiger partial charge in [0.1, 0.15) is 5.38 Å². The van der Waals surface area contributed by atoms with Crippen molar-refractivity contribution in [3.05, 3.63) is 22.4 Å². The highest BCUT2D eigenvalue weighted by molar-refractivity contribution is 6.66. The third kappa shape index (κ3) is 1.40. The van der Waals surface area contributed by atoms with Gasteiger partial charge in [-0.05, 0) is 12.5 Å². The van der Waals surface area contributed by atoms with Crippen molar-refractivity contribution >= 4 is 9.04 Å². The van der Waals surface area contributed by atoms with Crippen LogP contribution in [-0.2, 0) is 13.9 Å². The summed E-state index contributed by atoms with van der Waals surface area (Å²) in [7, 11) is 3.57. The molecule has 12 heavy (non-hydrogen) atoms. The van der Waals surface area contributed by atoms with Gasteiger partial charge in [0.15, 0.2) is 5.76 Å². The van der Waals surface area contributed by atoms with E-state index < -0.39 is 9.04 Å². The van der Waals surface area contributed by atoms with Gasteiger partial charge >= 0.3 is 0 Å². The van der Waals surface area contributed by atoms with Crippen LogP contribution >= 0.6 is 0 Å². The SMILES string of the molecule is COC1=C(OC)[SiH](OC)C=C1C. The molecule has 1 rings (SSSR count). The molecule has 0 spiro atoms. The van der Waals surface area contributed by atoms with Gasteiger partial charge in [-0.15, -0.1) is 0 Å². The highest BCUT2D eigenvalue weighted by Crippen LogP contribution is 2.26. The zero-order valence-electron chi connectivity index (χ0n) is 7.88. The van der Waals surface area contributed by atoms with Crippen LogP contribution in [0.5, 0.6) is 0 Å². The van der Waals surface area contributed by atoms with Crippen LogP contribution in [0.15, 0.2) is 22.4 Å². The average Bonchev–Trinajstić information content (AvgIpc) is 2.40. The Kier molecular flexibility index (Phi) is 2.94. The van der Waals surface area contributed by atoms with Gasteiger partial charge in [0.05, 0.1) is 14.2 Å². The summed E-state index contributed by atoms with van der Waals surface area (Å²) in [6, 6.07) is 0. The van der Waals surface area contributed by atoms with E-state index in [9.17, 15) is 0 Å². The van der Waals surface area contributed by atoms with E-state index in [4.69, 9.17) is 13.9 Å². The maximum absolute atomic E-state index is 5.32. The lowest BCUT2D eigenvalue weighted by Crippen LogP contribution is -2.16. The van der Waals surface area contributed by atoms with Crippen LogP contribution < -0.4 is 0 Å². The predicted molar refractivity (Wildman–Crippen MR) is 49.0 cm³/mol. The third-order valence-electron chi connectivity index (χ3n) is 1.92. The van der Waals surface area contributed by atoms with Gasteiger partial charge in [-0.3, -0.25) is 0 Å². The van der Waals surface area contributed by atoms with E-state index in [0.717, 1.165) is 16.7 Å². The minimum Gasteiger partial charge on any atom is -0.499 e. The molecule has 0 aromatic rings. The summed E-state index contributed by atoms with van der Waals surface area (Å²) in [6.07, 6.45) is 0. The van der Waals surface area contributed by atoms with Crippen molar-refractivity contribution < 1.29 is 13.9 Å². The normalized spacial score (nSPS) is 22.7. The highest BCUT2D eigenvalue weighted by Gasteiger charge is 2.28. The Balaban J connectivity index is 2.93. The van der Waals surface area contributed by atoms with Gasteiger partial charge in [-0.1, -0.05) is 5.70 Å². The molecular weight excluding hydrogens is 172 g/mol. The smallest absolute Gasteiger partial charge is 0.276 e. The van der Waals surface area contributed by atoms with E-state index in [2.05, 4.69) is 5.70 Å². The van der Waals surface area contributed by atoms with Crippen molar-refractivity contribution in [2.45, 2.75) is 6.92 Å². The second-order valence-corrected chi connectivity index (χ2v) is 4.78. The molecular formula is C8H14O3Si. The first-order chi connectivity index (χ1) is 5.74. The standard InChI is InChI=1S/C8H14O3Si/c1-6-5-12(11-4)8(10-3)7(6)9-2/h5,12H,1-4H3. The Morgan fingerprint density at radius 3 is 2.25 bits per heavy atom. The van der Waals surface area contributed by atoms with Crippen LogP contribution in [-0.4, -0.2) is 30.4 Å². The monoisotopic (exact) mass is 186 g/mol. The summed E-state index contributed by atoms with van der Waals surface area (Å²) >= 11 is 0. The Labute approximate surface area is 74.4 Å². The van der Waals surface area contributed by atoms with Crippen molar-refractivity contribution in [1.29, 1.82) is 0 Å². The molecule has 0 fully saturated rings. The fourth-order valence-corrected chi connectivity index (χ4v) is 3.29. The maximum atomic E-state index is 5.32. The molecule has 0 radical (unpaired) electrons. The molecule has 1 aliphatic heterocycles. The highest BCUT2D eigenvalue weighted by atomic mass is 28.3. The van der Waals surface area contributed by atoms with Crippen LogP contribution in [0, 0.1) is 0 Å². The summed E-state index contributed by atoms with van der Waals surface area (Å²) < 4.78 is 15.7. The second-order valence-electron chi connectivity index (χ2n) is 2.61. The zero-order valence-corrected chi connectivity index (χ0v) is 9.03. The summed E-state index contributed by atoms with van der Waals surface area (Å²) in [5.74, 6) is 0.844. The predicted octanol–water partition coefficient (Wildman–Crippen LogP) is 0.899. The summed E-state index contributed by atoms with van der Waals surface area (Å²) in [6.45, 7) is 2.00. The average molecular weight is 186 g/mol. The van der Waals surface area contributed by atoms with E-state index in [1.165, 1.54) is 0 Å². The fraction of sp³-hybridized carbons (Fsp3) is 0.500. The number of allylic oxidation sites excluding steroid dienone is 1. The van der Waals surface area contributed by atoms with Crippen molar-refractivity contribution in [1.82, 2.24) is 0 Å². The Bertz CT molecular complexity index is 232. The number of ether oxygens (including phenoxy) is 2. The minimum atomic E-state index is -1.44. The molecule has 0 N–H and O–H groups in total. The van der Waals surface area contributed by atoms with Crippen LogP contribution in [0.1, 0.15) is 6.92 Å². The first-order valence-electron chi connectivity index (χ1n) is 3.78. The van der Waals surface area contributed by atoms with E-state index in [1.807, 2.05) is 6.92 Å². The molecule has 1 atom stereocenters. The molecule has 0 aliphatic carbocycles. The summed E-state index contributed by atoms with van der Waals surface area (Å²) in [5.41, 5.74) is 3.23. The summed E-state index contributed by atoms with van der Waals surface area (Å²) in [4.78, 5) is 0. The summed E-state index contributed by atoms with van der Waals surface area (Å²) in [5, 5.41) is 0.887. The van der Waals surface area contributed by atoms with Crippen LogP contribution in [0.25, 0.3) is 0 Å². The van der Waals surface area contributed by atoms with E-state index in [1.54, 1.807) is 21.3 Å². The molecule has 0 saturated heterocycles. The van der Waals surface area contributed by atoms with Gasteiger partial charge < -0.3 is 13.9 Å². The van der Waals surface area contributed by atoms with Crippen LogP contribution in [0.2, 0.25) is 0 Å². The number of rotatable bonds is 3. The van der Waals surface area contributed by atoms with Crippen molar-refractivity contribution in [2.75, 3.05) is 21.3 Å². The van der Waals surface area contributed by atoms with Gasteiger partial charge in [0.2, 0.25) is 0 Å². The molecule has 1 aliphatic rings. The Morgan fingerprint density at radius 1 is 1.17 bits per heavy atom. The number of hydrogen-bond donors (Lipinski definition) is 0. The van der Waals surface area contributed by atoms with Crippen molar-refractivity contribution in [2.24, 2.45) is 0 Å². The lowest BCUT2D eigenvalue weighted by molar-refractivity contribution is 0.240. The molecule has 0 amide bonds. The van der Waals surface area contributed by atoms with Gasteiger partial charge in [-0.25, -0.2) is 0 Å². The lowest BCUT2D eigenvalue weighted by Gasteiger charge is -2.10. The largest absolute Gasteiger partial charge is 0.499 e. The van der Waals surface area contributed by atoms with E-state index in [-0.39, 0.29) is 0 Å². The van der Waals surface area contributed by atoms with Gasteiger partial charge in [-0.2, -0.15) is 0 Å². The molecule has 1 unspecified atom stereocenters. The van der Waals surface area contributed by atoms with Crippen molar-refractivity contribution in [3.63, 3.8) is 0 Å². The second kappa shape index (κ2) is 3.78.